The van der Waals surface area contributed by atoms with Crippen LogP contribution >= 0.6 is 0 Å². The number of rotatable bonds is 5. The van der Waals surface area contributed by atoms with E-state index in [2.05, 4.69) is 18.7 Å². The second kappa shape index (κ2) is 6.48. The van der Waals surface area contributed by atoms with Gasteiger partial charge in [-0.05, 0) is 48.1 Å². The van der Waals surface area contributed by atoms with Gasteiger partial charge in [0.1, 0.15) is 10.6 Å². The van der Waals surface area contributed by atoms with Crippen LogP contribution in [0.15, 0.2) is 47.4 Å². The summed E-state index contributed by atoms with van der Waals surface area (Å²) in [6, 6.07) is 12.6. The number of hydrogen-bond acceptors (Lipinski definition) is 4. The third-order valence-electron chi connectivity index (χ3n) is 4.74. The molecule has 0 radical (unpaired) electrons. The van der Waals surface area contributed by atoms with Crippen LogP contribution in [0.5, 0.6) is 5.75 Å². The van der Waals surface area contributed by atoms with E-state index < -0.39 is 10.1 Å². The first-order chi connectivity index (χ1) is 11.4. The van der Waals surface area contributed by atoms with Gasteiger partial charge in [-0.1, -0.05) is 38.1 Å². The van der Waals surface area contributed by atoms with Gasteiger partial charge in [0.2, 0.25) is 0 Å². The lowest BCUT2D eigenvalue weighted by molar-refractivity contribution is 0.479. The van der Waals surface area contributed by atoms with Gasteiger partial charge in [0, 0.05) is 19.3 Å². The van der Waals surface area contributed by atoms with Crippen LogP contribution in [0.4, 0.5) is 5.69 Å². The number of fused-ring (bicyclic) bond motifs is 1. The molecular formula is C19H23NO3S. The summed E-state index contributed by atoms with van der Waals surface area (Å²) in [6.07, 6.45) is 1.87. The van der Waals surface area contributed by atoms with E-state index in [9.17, 15) is 8.42 Å². The molecule has 2 aromatic rings. The van der Waals surface area contributed by atoms with E-state index in [1.807, 2.05) is 25.2 Å². The van der Waals surface area contributed by atoms with Crippen molar-refractivity contribution in [2.24, 2.45) is 0 Å². The van der Waals surface area contributed by atoms with E-state index in [0.717, 1.165) is 30.6 Å². The first kappa shape index (κ1) is 16.8. The molecule has 1 atom stereocenters. The molecule has 0 saturated heterocycles. The number of para-hydroxylation sites is 1. The molecule has 24 heavy (non-hydrogen) atoms. The van der Waals surface area contributed by atoms with Crippen molar-refractivity contribution in [2.75, 3.05) is 18.5 Å². The Morgan fingerprint density at radius 2 is 1.96 bits per heavy atom. The van der Waals surface area contributed by atoms with Crippen molar-refractivity contribution in [1.29, 1.82) is 0 Å². The molecule has 0 aromatic heterocycles. The van der Waals surface area contributed by atoms with Gasteiger partial charge in [-0.2, -0.15) is 8.42 Å². The highest BCUT2D eigenvalue weighted by atomic mass is 32.2. The van der Waals surface area contributed by atoms with Crippen molar-refractivity contribution < 1.29 is 12.6 Å². The summed E-state index contributed by atoms with van der Waals surface area (Å²) < 4.78 is 31.0. The number of nitrogens with zero attached hydrogens (tertiary/aromatic N) is 1. The van der Waals surface area contributed by atoms with Gasteiger partial charge in [0.25, 0.3) is 0 Å². The number of benzene rings is 2. The Labute approximate surface area is 144 Å². The van der Waals surface area contributed by atoms with Gasteiger partial charge >= 0.3 is 10.1 Å². The van der Waals surface area contributed by atoms with Crippen molar-refractivity contribution in [3.05, 3.63) is 53.6 Å². The van der Waals surface area contributed by atoms with Gasteiger partial charge in [-0.3, -0.25) is 0 Å². The summed E-state index contributed by atoms with van der Waals surface area (Å²) in [5.74, 6) is 0.656. The van der Waals surface area contributed by atoms with Crippen LogP contribution in [0.3, 0.4) is 0 Å². The van der Waals surface area contributed by atoms with Gasteiger partial charge in [-0.25, -0.2) is 0 Å². The fraction of sp³-hybridized carbons (Fsp3) is 0.368. The fourth-order valence-electron chi connectivity index (χ4n) is 3.02. The summed E-state index contributed by atoms with van der Waals surface area (Å²) in [5.41, 5.74) is 3.06. The molecule has 0 amide bonds. The van der Waals surface area contributed by atoms with Crippen LogP contribution in [0.25, 0.3) is 0 Å². The molecule has 2 aromatic carbocycles. The van der Waals surface area contributed by atoms with Crippen molar-refractivity contribution in [3.63, 3.8) is 0 Å². The molecule has 1 aliphatic heterocycles. The van der Waals surface area contributed by atoms with Gasteiger partial charge in [0.05, 0.1) is 0 Å². The minimum Gasteiger partial charge on any atom is -0.379 e. The molecule has 5 heteroatoms. The van der Waals surface area contributed by atoms with Crippen LogP contribution in [-0.4, -0.2) is 22.0 Å². The normalized spacial score (nSPS) is 15.2. The SMILES string of the molecule is CCC(C)c1ccccc1OS(=O)(=O)c1ccc2c(c1)N(C)CC2. The Kier molecular flexibility index (Phi) is 4.54. The molecule has 0 bridgehead atoms. The van der Waals surface area contributed by atoms with Crippen molar-refractivity contribution in [1.82, 2.24) is 0 Å². The summed E-state index contributed by atoms with van der Waals surface area (Å²) in [6.45, 7) is 5.06. The molecule has 0 fully saturated rings. The third kappa shape index (κ3) is 3.13. The van der Waals surface area contributed by atoms with E-state index in [0.29, 0.717) is 5.75 Å². The highest BCUT2D eigenvalue weighted by Crippen LogP contribution is 2.33. The lowest BCUT2D eigenvalue weighted by Crippen LogP contribution is -2.14. The fourth-order valence-corrected chi connectivity index (χ4v) is 4.00. The zero-order chi connectivity index (χ0) is 17.3. The quantitative estimate of drug-likeness (QED) is 0.770. The molecule has 0 N–H and O–H groups in total. The smallest absolute Gasteiger partial charge is 0.339 e. The molecule has 128 valence electrons. The second-order valence-corrected chi connectivity index (χ2v) is 7.89. The maximum Gasteiger partial charge on any atom is 0.339 e. The second-order valence-electron chi connectivity index (χ2n) is 6.35. The zero-order valence-electron chi connectivity index (χ0n) is 14.3. The molecule has 0 spiro atoms. The zero-order valence-corrected chi connectivity index (χ0v) is 15.1. The molecule has 1 aliphatic rings. The molecule has 0 aliphatic carbocycles. The summed E-state index contributed by atoms with van der Waals surface area (Å²) in [5, 5.41) is 0. The average Bonchev–Trinajstić information content (AvgIpc) is 2.95. The van der Waals surface area contributed by atoms with Crippen LogP contribution < -0.4 is 9.08 Å². The Morgan fingerprint density at radius 1 is 1.21 bits per heavy atom. The minimum atomic E-state index is -3.85. The van der Waals surface area contributed by atoms with Crippen LogP contribution in [-0.2, 0) is 16.5 Å². The third-order valence-corrected chi connectivity index (χ3v) is 5.97. The first-order valence-corrected chi connectivity index (χ1v) is 9.70. The molecular weight excluding hydrogens is 322 g/mol. The largest absolute Gasteiger partial charge is 0.379 e. The van der Waals surface area contributed by atoms with E-state index in [4.69, 9.17) is 4.18 Å². The standard InChI is InChI=1S/C19H23NO3S/c1-4-14(2)17-7-5-6-8-19(17)23-24(21,22)16-10-9-15-11-12-20(3)18(15)13-16/h5-10,13-14H,4,11-12H2,1-3H3. The summed E-state index contributed by atoms with van der Waals surface area (Å²) in [7, 11) is -1.88. The Morgan fingerprint density at radius 3 is 2.71 bits per heavy atom. The Balaban J connectivity index is 1.95. The molecule has 0 saturated carbocycles. The van der Waals surface area contributed by atoms with Gasteiger partial charge < -0.3 is 9.08 Å². The van der Waals surface area contributed by atoms with E-state index in [-0.39, 0.29) is 10.8 Å². The molecule has 3 rings (SSSR count). The summed E-state index contributed by atoms with van der Waals surface area (Å²) in [4.78, 5) is 2.27. The van der Waals surface area contributed by atoms with E-state index >= 15 is 0 Å². The maximum atomic E-state index is 12.7. The van der Waals surface area contributed by atoms with E-state index in [1.165, 1.54) is 5.56 Å². The van der Waals surface area contributed by atoms with Gasteiger partial charge in [-0.15, -0.1) is 0 Å². The predicted octanol–water partition coefficient (Wildman–Crippen LogP) is 3.96. The Hall–Kier alpha value is -2.01. The maximum absolute atomic E-state index is 12.7. The topological polar surface area (TPSA) is 46.6 Å². The highest BCUT2D eigenvalue weighted by molar-refractivity contribution is 7.87. The predicted molar refractivity (Wildman–Crippen MR) is 96.4 cm³/mol. The molecule has 4 nitrogen and oxygen atoms in total. The van der Waals surface area contributed by atoms with E-state index in [1.54, 1.807) is 24.3 Å². The first-order valence-electron chi connectivity index (χ1n) is 8.30. The van der Waals surface area contributed by atoms with Crippen LogP contribution in [0.1, 0.15) is 37.3 Å². The van der Waals surface area contributed by atoms with Crippen molar-refractivity contribution in [2.45, 2.75) is 37.5 Å². The summed E-state index contributed by atoms with van der Waals surface area (Å²) >= 11 is 0. The van der Waals surface area contributed by atoms with Crippen LogP contribution in [0.2, 0.25) is 0 Å². The monoisotopic (exact) mass is 345 g/mol. The van der Waals surface area contributed by atoms with Crippen LogP contribution in [0, 0.1) is 0 Å². The Bertz CT molecular complexity index is 845. The lowest BCUT2D eigenvalue weighted by atomic mass is 9.98. The number of likely N-dealkylation sites (N-methyl/N-ethyl adjacent to an activating group) is 1. The molecule has 1 heterocycles. The van der Waals surface area contributed by atoms with Crippen molar-refractivity contribution >= 4 is 15.8 Å². The number of hydrogen-bond donors (Lipinski definition) is 0. The molecule has 1 unspecified atom stereocenters. The minimum absolute atomic E-state index is 0.203. The number of anilines is 1. The van der Waals surface area contributed by atoms with Gasteiger partial charge in [0.15, 0.2) is 0 Å². The lowest BCUT2D eigenvalue weighted by Gasteiger charge is -2.16. The highest BCUT2D eigenvalue weighted by Gasteiger charge is 2.23. The van der Waals surface area contributed by atoms with Crippen molar-refractivity contribution in [3.8, 4) is 5.75 Å². The average molecular weight is 345 g/mol.